The van der Waals surface area contributed by atoms with Crippen molar-refractivity contribution in [3.8, 4) is 0 Å². The van der Waals surface area contributed by atoms with Crippen LogP contribution in [0.5, 0.6) is 0 Å². The number of nitrogens with zero attached hydrogens (tertiary/aromatic N) is 1. The molecular weight excluding hydrogens is 274 g/mol. The average molecular weight is 291 g/mol. The highest BCUT2D eigenvalue weighted by atomic mass is 79.9. The third-order valence-corrected chi connectivity index (χ3v) is 3.79. The van der Waals surface area contributed by atoms with E-state index in [4.69, 9.17) is 0 Å². The molecule has 0 amide bonds. The fourth-order valence-electron chi connectivity index (χ4n) is 1.95. The fraction of sp³-hybridized carbons (Fsp3) is 0.267. The van der Waals surface area contributed by atoms with E-state index in [-0.39, 0.29) is 5.41 Å². The van der Waals surface area contributed by atoms with Gasteiger partial charge in [0, 0.05) is 22.0 Å². The van der Waals surface area contributed by atoms with Crippen molar-refractivity contribution >= 4 is 15.9 Å². The quantitative estimate of drug-likeness (QED) is 0.744. The van der Waals surface area contributed by atoms with Gasteiger partial charge in [-0.25, -0.2) is 4.57 Å². The van der Waals surface area contributed by atoms with Crippen LogP contribution >= 0.6 is 15.9 Å². The smallest absolute Gasteiger partial charge is 0.168 e. The van der Waals surface area contributed by atoms with E-state index in [0.717, 1.165) is 4.47 Å². The number of hydrogen-bond donors (Lipinski definition) is 0. The van der Waals surface area contributed by atoms with E-state index in [1.54, 1.807) is 0 Å². The van der Waals surface area contributed by atoms with Crippen molar-refractivity contribution < 1.29 is 4.57 Å². The lowest BCUT2D eigenvalue weighted by atomic mass is 9.79. The number of rotatable bonds is 2. The largest absolute Gasteiger partial charge is 0.208 e. The molecule has 0 spiro atoms. The molecule has 2 heteroatoms. The molecular formula is C15H17BrN+. The van der Waals surface area contributed by atoms with Crippen molar-refractivity contribution in [2.45, 2.75) is 19.3 Å². The second kappa shape index (κ2) is 4.61. The molecule has 0 aliphatic heterocycles. The molecule has 0 N–H and O–H groups in total. The van der Waals surface area contributed by atoms with E-state index in [2.05, 4.69) is 83.1 Å². The molecule has 1 aromatic carbocycles. The Morgan fingerprint density at radius 2 is 1.35 bits per heavy atom. The van der Waals surface area contributed by atoms with Crippen LogP contribution < -0.4 is 4.57 Å². The molecule has 17 heavy (non-hydrogen) atoms. The van der Waals surface area contributed by atoms with Gasteiger partial charge in [0.2, 0.25) is 0 Å². The van der Waals surface area contributed by atoms with Gasteiger partial charge in [-0.2, -0.15) is 0 Å². The standard InChI is InChI=1S/C15H17BrN/c1-15(2,12-4-6-14(16)7-5-12)13-8-10-17(3)11-9-13/h4-11H,1-3H3/q+1. The molecule has 1 aromatic heterocycles. The first-order valence-corrected chi connectivity index (χ1v) is 6.51. The predicted octanol–water partition coefficient (Wildman–Crippen LogP) is 3.60. The Hall–Kier alpha value is -1.15. The highest BCUT2D eigenvalue weighted by Gasteiger charge is 2.23. The van der Waals surface area contributed by atoms with Crippen molar-refractivity contribution in [1.82, 2.24) is 0 Å². The van der Waals surface area contributed by atoms with E-state index < -0.39 is 0 Å². The second-order valence-corrected chi connectivity index (χ2v) is 5.80. The monoisotopic (exact) mass is 290 g/mol. The van der Waals surface area contributed by atoms with Crippen LogP contribution in [0.4, 0.5) is 0 Å². The number of pyridine rings is 1. The Balaban J connectivity index is 2.41. The second-order valence-electron chi connectivity index (χ2n) is 4.88. The summed E-state index contributed by atoms with van der Waals surface area (Å²) in [6.45, 7) is 4.51. The van der Waals surface area contributed by atoms with Gasteiger partial charge in [-0.3, -0.25) is 0 Å². The zero-order valence-corrected chi connectivity index (χ0v) is 12.0. The van der Waals surface area contributed by atoms with Gasteiger partial charge < -0.3 is 0 Å². The molecule has 0 bridgehead atoms. The molecule has 0 saturated carbocycles. The van der Waals surface area contributed by atoms with Crippen molar-refractivity contribution in [3.63, 3.8) is 0 Å². The van der Waals surface area contributed by atoms with Crippen molar-refractivity contribution in [3.05, 3.63) is 64.4 Å². The number of aryl methyl sites for hydroxylation is 1. The molecule has 0 aliphatic carbocycles. The minimum absolute atomic E-state index is 0.0367. The molecule has 0 unspecified atom stereocenters. The number of hydrogen-bond acceptors (Lipinski definition) is 0. The first-order chi connectivity index (χ1) is 8.00. The van der Waals surface area contributed by atoms with Gasteiger partial charge in [-0.05, 0) is 23.3 Å². The first kappa shape index (κ1) is 12.3. The highest BCUT2D eigenvalue weighted by molar-refractivity contribution is 9.10. The molecule has 88 valence electrons. The van der Waals surface area contributed by atoms with Crippen LogP contribution in [0.1, 0.15) is 25.0 Å². The zero-order valence-electron chi connectivity index (χ0n) is 10.4. The maximum atomic E-state index is 3.47. The molecule has 2 aromatic rings. The Morgan fingerprint density at radius 3 is 1.88 bits per heavy atom. The van der Waals surface area contributed by atoms with Crippen molar-refractivity contribution in [1.29, 1.82) is 0 Å². The van der Waals surface area contributed by atoms with Crippen LogP contribution in [-0.2, 0) is 12.5 Å². The molecule has 0 saturated heterocycles. The topological polar surface area (TPSA) is 3.88 Å². The summed E-state index contributed by atoms with van der Waals surface area (Å²) in [5.41, 5.74) is 2.70. The molecule has 1 heterocycles. The SMILES string of the molecule is C[n+]1ccc(C(C)(C)c2ccc(Br)cc2)cc1. The lowest BCUT2D eigenvalue weighted by Gasteiger charge is -2.25. The van der Waals surface area contributed by atoms with Crippen molar-refractivity contribution in [2.75, 3.05) is 0 Å². The average Bonchev–Trinajstić information content (AvgIpc) is 2.30. The fourth-order valence-corrected chi connectivity index (χ4v) is 2.22. The molecule has 1 nitrogen and oxygen atoms in total. The molecule has 0 fully saturated rings. The number of benzene rings is 1. The highest BCUT2D eigenvalue weighted by Crippen LogP contribution is 2.31. The van der Waals surface area contributed by atoms with Crippen molar-refractivity contribution in [2.24, 2.45) is 7.05 Å². The van der Waals surface area contributed by atoms with Gasteiger partial charge in [0.15, 0.2) is 12.4 Å². The van der Waals surface area contributed by atoms with E-state index >= 15 is 0 Å². The molecule has 0 atom stereocenters. The summed E-state index contributed by atoms with van der Waals surface area (Å²) in [5.74, 6) is 0. The predicted molar refractivity (Wildman–Crippen MR) is 73.9 cm³/mol. The molecule has 2 rings (SSSR count). The third-order valence-electron chi connectivity index (χ3n) is 3.27. The summed E-state index contributed by atoms with van der Waals surface area (Å²) in [6, 6.07) is 12.9. The summed E-state index contributed by atoms with van der Waals surface area (Å²) in [4.78, 5) is 0. The summed E-state index contributed by atoms with van der Waals surface area (Å²) < 4.78 is 3.18. The van der Waals surface area contributed by atoms with E-state index in [1.807, 2.05) is 7.05 Å². The normalized spacial score (nSPS) is 11.5. The van der Waals surface area contributed by atoms with Gasteiger partial charge in [0.05, 0.1) is 0 Å². The van der Waals surface area contributed by atoms with E-state index in [1.165, 1.54) is 11.1 Å². The Bertz CT molecular complexity index is 450. The maximum absolute atomic E-state index is 3.47. The van der Waals surface area contributed by atoms with Crippen LogP contribution in [0.2, 0.25) is 0 Å². The van der Waals surface area contributed by atoms with Crippen LogP contribution in [0.3, 0.4) is 0 Å². The minimum Gasteiger partial charge on any atom is -0.208 e. The third kappa shape index (κ3) is 2.58. The Morgan fingerprint density at radius 1 is 0.882 bits per heavy atom. The Kier molecular flexibility index (Phi) is 3.34. The minimum atomic E-state index is 0.0367. The van der Waals surface area contributed by atoms with Gasteiger partial charge in [0.1, 0.15) is 7.05 Å². The first-order valence-electron chi connectivity index (χ1n) is 5.72. The van der Waals surface area contributed by atoms with Crippen LogP contribution in [0, 0.1) is 0 Å². The summed E-state index contributed by atoms with van der Waals surface area (Å²) in [7, 11) is 2.04. The molecule has 0 aliphatic rings. The summed E-state index contributed by atoms with van der Waals surface area (Å²) in [5, 5.41) is 0. The molecule has 0 radical (unpaired) electrons. The van der Waals surface area contributed by atoms with Crippen LogP contribution in [0.15, 0.2) is 53.3 Å². The lowest BCUT2D eigenvalue weighted by molar-refractivity contribution is -0.671. The Labute approximate surface area is 111 Å². The van der Waals surface area contributed by atoms with Gasteiger partial charge in [-0.1, -0.05) is 41.9 Å². The lowest BCUT2D eigenvalue weighted by Crippen LogP contribution is -2.28. The van der Waals surface area contributed by atoms with E-state index in [9.17, 15) is 0 Å². The number of halogens is 1. The van der Waals surface area contributed by atoms with Gasteiger partial charge in [0.25, 0.3) is 0 Å². The van der Waals surface area contributed by atoms with E-state index in [0.29, 0.717) is 0 Å². The maximum Gasteiger partial charge on any atom is 0.168 e. The zero-order chi connectivity index (χ0) is 12.5. The van der Waals surface area contributed by atoms with Gasteiger partial charge in [-0.15, -0.1) is 0 Å². The van der Waals surface area contributed by atoms with Crippen LogP contribution in [-0.4, -0.2) is 0 Å². The summed E-state index contributed by atoms with van der Waals surface area (Å²) in [6.07, 6.45) is 4.19. The summed E-state index contributed by atoms with van der Waals surface area (Å²) >= 11 is 3.47. The van der Waals surface area contributed by atoms with Crippen LogP contribution in [0.25, 0.3) is 0 Å². The number of aromatic nitrogens is 1. The van der Waals surface area contributed by atoms with Gasteiger partial charge >= 0.3 is 0 Å².